The van der Waals surface area contributed by atoms with E-state index >= 15 is 0 Å². The molecule has 0 saturated carbocycles. The van der Waals surface area contributed by atoms with Crippen LogP contribution in [0.2, 0.25) is 0 Å². The molecule has 0 aliphatic rings. The molecule has 0 aliphatic heterocycles. The number of sulfonamides is 1. The molecule has 2 aromatic rings. The number of benzene rings is 1. The van der Waals surface area contributed by atoms with Gasteiger partial charge in [-0.3, -0.25) is 10.1 Å². The van der Waals surface area contributed by atoms with E-state index in [4.69, 9.17) is 5.73 Å². The topological polar surface area (TPSA) is 154 Å². The van der Waals surface area contributed by atoms with E-state index in [0.29, 0.717) is 5.82 Å². The minimum atomic E-state index is -3.87. The number of non-ortho nitro benzene ring substituents is 1. The molecule has 0 bridgehead atoms. The molecule has 11 heteroatoms. The van der Waals surface area contributed by atoms with Crippen molar-refractivity contribution in [3.63, 3.8) is 0 Å². The van der Waals surface area contributed by atoms with E-state index in [1.54, 1.807) is 0 Å². The molecule has 10 nitrogen and oxygen atoms in total. The molecule has 3 N–H and O–H groups in total. The number of nitrogens with one attached hydrogen (secondary N) is 1. The quantitative estimate of drug-likeness (QED) is 0.431. The molecule has 1 aromatic carbocycles. The molecule has 0 saturated heterocycles. The highest BCUT2D eigenvalue weighted by Gasteiger charge is 2.19. The van der Waals surface area contributed by atoms with Gasteiger partial charge in [0, 0.05) is 25.1 Å². The summed E-state index contributed by atoms with van der Waals surface area (Å²) < 4.78 is 30.9. The summed E-state index contributed by atoms with van der Waals surface area (Å²) in [5, 5.41) is 14.1. The van der Waals surface area contributed by atoms with Crippen LogP contribution in [0.4, 0.5) is 11.4 Å². The zero-order valence-corrected chi connectivity index (χ0v) is 11.4. The Bertz CT molecular complexity index is 743. The van der Waals surface area contributed by atoms with Crippen LogP contribution in [0.15, 0.2) is 34.0 Å². The third-order valence-corrected chi connectivity index (χ3v) is 4.08. The van der Waals surface area contributed by atoms with E-state index in [-0.39, 0.29) is 29.2 Å². The number of nitro groups is 1. The predicted octanol–water partition coefficient (Wildman–Crippen LogP) is 0.0810. The van der Waals surface area contributed by atoms with Crippen molar-refractivity contribution in [3.05, 3.63) is 40.5 Å². The molecule has 1 heterocycles. The van der Waals surface area contributed by atoms with Crippen LogP contribution >= 0.6 is 0 Å². The summed E-state index contributed by atoms with van der Waals surface area (Å²) in [7, 11) is -3.87. The zero-order valence-electron chi connectivity index (χ0n) is 10.6. The van der Waals surface area contributed by atoms with Crippen LogP contribution in [0.25, 0.3) is 0 Å². The summed E-state index contributed by atoms with van der Waals surface area (Å²) >= 11 is 0. The molecular formula is C10H11N5O5S. The molecular weight excluding hydrogens is 302 g/mol. The summed E-state index contributed by atoms with van der Waals surface area (Å²) in [6.45, 7) is 0.0400. The van der Waals surface area contributed by atoms with Gasteiger partial charge in [0.05, 0.1) is 10.6 Å². The fourth-order valence-corrected chi connectivity index (χ4v) is 2.71. The lowest BCUT2D eigenvalue weighted by atomic mass is 10.3. The van der Waals surface area contributed by atoms with Crippen molar-refractivity contribution < 1.29 is 17.9 Å². The van der Waals surface area contributed by atoms with Crippen LogP contribution in [0.1, 0.15) is 5.82 Å². The van der Waals surface area contributed by atoms with E-state index in [2.05, 4.69) is 19.4 Å². The van der Waals surface area contributed by atoms with Crippen molar-refractivity contribution in [2.24, 2.45) is 0 Å². The average Bonchev–Trinajstić information content (AvgIpc) is 2.91. The van der Waals surface area contributed by atoms with Gasteiger partial charge in [-0.15, -0.1) is 0 Å². The second kappa shape index (κ2) is 5.85. The van der Waals surface area contributed by atoms with Crippen LogP contribution in [-0.2, 0) is 16.4 Å². The summed E-state index contributed by atoms with van der Waals surface area (Å²) in [6.07, 6.45) is 1.38. The maximum Gasteiger partial charge on any atom is 0.271 e. The summed E-state index contributed by atoms with van der Waals surface area (Å²) in [5.74, 6) is 0.356. The first kappa shape index (κ1) is 14.9. The Morgan fingerprint density at radius 2 is 2.19 bits per heavy atom. The lowest BCUT2D eigenvalue weighted by Gasteiger charge is -2.08. The third kappa shape index (κ3) is 3.52. The molecule has 112 valence electrons. The summed E-state index contributed by atoms with van der Waals surface area (Å²) in [4.78, 5) is 13.4. The molecule has 0 atom stereocenters. The smallest absolute Gasteiger partial charge is 0.271 e. The molecule has 0 spiro atoms. The van der Waals surface area contributed by atoms with Crippen molar-refractivity contribution in [2.45, 2.75) is 11.3 Å². The van der Waals surface area contributed by atoms with Gasteiger partial charge in [-0.05, 0) is 6.07 Å². The van der Waals surface area contributed by atoms with Crippen molar-refractivity contribution in [1.29, 1.82) is 0 Å². The fourth-order valence-electron chi connectivity index (χ4n) is 1.57. The third-order valence-electron chi connectivity index (χ3n) is 2.54. The van der Waals surface area contributed by atoms with Crippen molar-refractivity contribution in [2.75, 3.05) is 12.3 Å². The molecule has 1 aromatic heterocycles. The number of hydrogen-bond acceptors (Lipinski definition) is 8. The van der Waals surface area contributed by atoms with Gasteiger partial charge in [0.2, 0.25) is 16.4 Å². The minimum absolute atomic E-state index is 0.0400. The Morgan fingerprint density at radius 3 is 2.76 bits per heavy atom. The van der Waals surface area contributed by atoms with Gasteiger partial charge in [0.25, 0.3) is 5.69 Å². The highest BCUT2D eigenvalue weighted by molar-refractivity contribution is 7.89. The lowest BCUT2D eigenvalue weighted by Crippen LogP contribution is -2.27. The molecule has 0 radical (unpaired) electrons. The van der Waals surface area contributed by atoms with Crippen molar-refractivity contribution in [3.8, 4) is 0 Å². The maximum atomic E-state index is 12.0. The standard InChI is InChI=1S/C10H11N5O5S/c11-8-5-7(15(16)17)1-2-9(8)21(18,19)13-4-3-10-12-6-20-14-10/h1-2,5-6,13H,3-4,11H2. The maximum absolute atomic E-state index is 12.0. The van der Waals surface area contributed by atoms with E-state index < -0.39 is 14.9 Å². The Balaban J connectivity index is 2.10. The number of anilines is 1. The Labute approximate surface area is 119 Å². The van der Waals surface area contributed by atoms with Gasteiger partial charge in [0.15, 0.2) is 5.82 Å². The minimum Gasteiger partial charge on any atom is -0.397 e. The number of rotatable bonds is 6. The molecule has 0 unspecified atom stereocenters. The first-order chi connectivity index (χ1) is 9.90. The number of aromatic nitrogens is 2. The highest BCUT2D eigenvalue weighted by Crippen LogP contribution is 2.23. The second-order valence-corrected chi connectivity index (χ2v) is 5.71. The molecule has 0 fully saturated rings. The molecule has 2 rings (SSSR count). The van der Waals surface area contributed by atoms with Crippen LogP contribution < -0.4 is 10.5 Å². The van der Waals surface area contributed by atoms with Crippen molar-refractivity contribution in [1.82, 2.24) is 14.9 Å². The number of nitrogens with two attached hydrogens (primary N) is 1. The van der Waals surface area contributed by atoms with E-state index in [1.165, 1.54) is 0 Å². The number of hydrogen-bond donors (Lipinski definition) is 2. The number of nitrogens with zero attached hydrogens (tertiary/aromatic N) is 3. The predicted molar refractivity (Wildman–Crippen MR) is 70.7 cm³/mol. The van der Waals surface area contributed by atoms with Gasteiger partial charge < -0.3 is 10.3 Å². The SMILES string of the molecule is Nc1cc([N+](=O)[O-])ccc1S(=O)(=O)NCCc1ncon1. The van der Waals surface area contributed by atoms with E-state index in [0.717, 1.165) is 24.6 Å². The second-order valence-electron chi connectivity index (χ2n) is 3.97. The van der Waals surface area contributed by atoms with Crippen LogP contribution in [0.5, 0.6) is 0 Å². The first-order valence-corrected chi connectivity index (χ1v) is 7.17. The number of nitro benzene ring substituents is 1. The molecule has 0 aliphatic carbocycles. The van der Waals surface area contributed by atoms with E-state index in [1.807, 2.05) is 0 Å². The van der Waals surface area contributed by atoms with Gasteiger partial charge in [-0.25, -0.2) is 13.1 Å². The summed E-state index contributed by atoms with van der Waals surface area (Å²) in [6, 6.07) is 3.15. The van der Waals surface area contributed by atoms with E-state index in [9.17, 15) is 18.5 Å². The first-order valence-electron chi connectivity index (χ1n) is 5.69. The van der Waals surface area contributed by atoms with Crippen molar-refractivity contribution >= 4 is 21.4 Å². The highest BCUT2D eigenvalue weighted by atomic mass is 32.2. The molecule has 0 amide bonds. The van der Waals surface area contributed by atoms with Crippen LogP contribution in [0.3, 0.4) is 0 Å². The fraction of sp³-hybridized carbons (Fsp3) is 0.200. The average molecular weight is 313 g/mol. The number of nitrogen functional groups attached to an aromatic ring is 1. The Hall–Kier alpha value is -2.53. The lowest BCUT2D eigenvalue weighted by molar-refractivity contribution is -0.384. The van der Waals surface area contributed by atoms with Gasteiger partial charge >= 0.3 is 0 Å². The Morgan fingerprint density at radius 1 is 1.43 bits per heavy atom. The normalized spacial score (nSPS) is 11.4. The summed E-state index contributed by atoms with van der Waals surface area (Å²) in [5.41, 5.74) is 5.07. The van der Waals surface area contributed by atoms with Gasteiger partial charge in [-0.2, -0.15) is 4.98 Å². The van der Waals surface area contributed by atoms with Crippen LogP contribution in [0, 0.1) is 10.1 Å². The zero-order chi connectivity index (χ0) is 15.5. The molecule has 21 heavy (non-hydrogen) atoms. The monoisotopic (exact) mass is 313 g/mol. The van der Waals surface area contributed by atoms with Crippen LogP contribution in [-0.4, -0.2) is 30.0 Å². The van der Waals surface area contributed by atoms with Gasteiger partial charge in [0.1, 0.15) is 4.90 Å². The Kier molecular flexibility index (Phi) is 4.14. The largest absolute Gasteiger partial charge is 0.397 e. The van der Waals surface area contributed by atoms with Gasteiger partial charge in [-0.1, -0.05) is 5.16 Å².